The summed E-state index contributed by atoms with van der Waals surface area (Å²) in [4.78, 5) is 0. The Balaban J connectivity index is 2.11. The van der Waals surface area contributed by atoms with Gasteiger partial charge in [0.05, 0.1) is 0 Å². The SMILES string of the molecule is CCOCCCn1ccc2ccc(CN)cc21. The van der Waals surface area contributed by atoms with E-state index in [4.69, 9.17) is 10.5 Å². The Morgan fingerprint density at radius 2 is 2.18 bits per heavy atom. The van der Waals surface area contributed by atoms with Crippen LogP contribution in [0.3, 0.4) is 0 Å². The molecule has 0 fully saturated rings. The van der Waals surface area contributed by atoms with E-state index in [9.17, 15) is 0 Å². The van der Waals surface area contributed by atoms with Crippen LogP contribution in [-0.2, 0) is 17.8 Å². The molecule has 0 spiro atoms. The van der Waals surface area contributed by atoms with Crippen LogP contribution in [0.5, 0.6) is 0 Å². The number of aromatic nitrogens is 1. The lowest BCUT2D eigenvalue weighted by molar-refractivity contribution is 0.142. The molecule has 0 saturated carbocycles. The van der Waals surface area contributed by atoms with Crippen molar-refractivity contribution >= 4 is 10.9 Å². The van der Waals surface area contributed by atoms with E-state index in [2.05, 4.69) is 35.0 Å². The number of benzene rings is 1. The third kappa shape index (κ3) is 2.87. The van der Waals surface area contributed by atoms with Crippen LogP contribution in [0.4, 0.5) is 0 Å². The second-order valence-electron chi connectivity index (χ2n) is 4.16. The second kappa shape index (κ2) is 5.84. The number of nitrogens with two attached hydrogens (primary N) is 1. The highest BCUT2D eigenvalue weighted by Gasteiger charge is 2.01. The molecule has 0 amide bonds. The molecule has 2 aromatic rings. The van der Waals surface area contributed by atoms with Crippen molar-refractivity contribution in [2.24, 2.45) is 5.73 Å². The first-order valence-corrected chi connectivity index (χ1v) is 6.20. The first-order valence-electron chi connectivity index (χ1n) is 6.20. The van der Waals surface area contributed by atoms with Crippen molar-refractivity contribution in [2.45, 2.75) is 26.4 Å². The molecule has 0 aliphatic carbocycles. The van der Waals surface area contributed by atoms with Crippen LogP contribution in [0.25, 0.3) is 10.9 Å². The van der Waals surface area contributed by atoms with Gasteiger partial charge in [-0.1, -0.05) is 12.1 Å². The Morgan fingerprint density at radius 1 is 1.29 bits per heavy atom. The molecule has 3 nitrogen and oxygen atoms in total. The Hall–Kier alpha value is -1.32. The third-order valence-corrected chi connectivity index (χ3v) is 2.97. The fourth-order valence-electron chi connectivity index (χ4n) is 2.03. The van der Waals surface area contributed by atoms with Gasteiger partial charge in [0.15, 0.2) is 0 Å². The van der Waals surface area contributed by atoms with E-state index in [1.807, 2.05) is 6.92 Å². The molecule has 0 saturated heterocycles. The molecule has 0 aliphatic heterocycles. The van der Waals surface area contributed by atoms with Crippen molar-refractivity contribution < 1.29 is 4.74 Å². The number of hydrogen-bond donors (Lipinski definition) is 1. The van der Waals surface area contributed by atoms with E-state index in [0.29, 0.717) is 6.54 Å². The normalized spacial score (nSPS) is 11.2. The number of ether oxygens (including phenoxy) is 1. The lowest BCUT2D eigenvalue weighted by atomic mass is 10.1. The van der Waals surface area contributed by atoms with Gasteiger partial charge < -0.3 is 15.0 Å². The zero-order chi connectivity index (χ0) is 12.1. The van der Waals surface area contributed by atoms with Crippen LogP contribution in [-0.4, -0.2) is 17.8 Å². The number of hydrogen-bond acceptors (Lipinski definition) is 2. The molecular weight excluding hydrogens is 212 g/mol. The average Bonchev–Trinajstić information content (AvgIpc) is 2.77. The molecule has 17 heavy (non-hydrogen) atoms. The standard InChI is InChI=1S/C14H20N2O/c1-2-17-9-3-7-16-8-6-13-5-4-12(11-15)10-14(13)16/h4-6,8,10H,2-3,7,9,11,15H2,1H3. The molecule has 1 heterocycles. The lowest BCUT2D eigenvalue weighted by Gasteiger charge is -2.06. The summed E-state index contributed by atoms with van der Waals surface area (Å²) in [6.07, 6.45) is 3.18. The van der Waals surface area contributed by atoms with Crippen molar-refractivity contribution in [3.63, 3.8) is 0 Å². The summed E-state index contributed by atoms with van der Waals surface area (Å²) in [7, 11) is 0. The van der Waals surface area contributed by atoms with Crippen molar-refractivity contribution in [2.75, 3.05) is 13.2 Å². The van der Waals surface area contributed by atoms with E-state index in [-0.39, 0.29) is 0 Å². The summed E-state index contributed by atoms with van der Waals surface area (Å²) in [5.74, 6) is 0. The summed E-state index contributed by atoms with van der Waals surface area (Å²) < 4.78 is 7.63. The van der Waals surface area contributed by atoms with Gasteiger partial charge in [-0.05, 0) is 36.4 Å². The zero-order valence-corrected chi connectivity index (χ0v) is 10.4. The van der Waals surface area contributed by atoms with Crippen LogP contribution in [0, 0.1) is 0 Å². The predicted octanol–water partition coefficient (Wildman–Crippen LogP) is 2.53. The molecule has 92 valence electrons. The molecule has 3 heteroatoms. The maximum absolute atomic E-state index is 5.67. The molecule has 1 aromatic heterocycles. The van der Waals surface area contributed by atoms with Gasteiger partial charge in [0.25, 0.3) is 0 Å². The molecule has 0 bridgehead atoms. The van der Waals surface area contributed by atoms with Gasteiger partial charge >= 0.3 is 0 Å². The fraction of sp³-hybridized carbons (Fsp3) is 0.429. The van der Waals surface area contributed by atoms with Crippen LogP contribution in [0.2, 0.25) is 0 Å². The Kier molecular flexibility index (Phi) is 4.18. The largest absolute Gasteiger partial charge is 0.382 e. The number of fused-ring (bicyclic) bond motifs is 1. The van der Waals surface area contributed by atoms with Crippen molar-refractivity contribution in [1.82, 2.24) is 4.57 Å². The van der Waals surface area contributed by atoms with Gasteiger partial charge in [-0.2, -0.15) is 0 Å². The van der Waals surface area contributed by atoms with Gasteiger partial charge in [0, 0.05) is 38.0 Å². The monoisotopic (exact) mass is 232 g/mol. The van der Waals surface area contributed by atoms with Gasteiger partial charge in [-0.3, -0.25) is 0 Å². The summed E-state index contributed by atoms with van der Waals surface area (Å²) in [5.41, 5.74) is 8.12. The van der Waals surface area contributed by atoms with Gasteiger partial charge in [0.1, 0.15) is 0 Å². The second-order valence-corrected chi connectivity index (χ2v) is 4.16. The topological polar surface area (TPSA) is 40.2 Å². The highest BCUT2D eigenvalue weighted by molar-refractivity contribution is 5.80. The molecule has 2 rings (SSSR count). The van der Waals surface area contributed by atoms with Gasteiger partial charge in [-0.25, -0.2) is 0 Å². The summed E-state index contributed by atoms with van der Waals surface area (Å²) in [6, 6.07) is 8.55. The summed E-state index contributed by atoms with van der Waals surface area (Å²) in [6.45, 7) is 5.24. The molecule has 0 aliphatic rings. The zero-order valence-electron chi connectivity index (χ0n) is 10.4. The fourth-order valence-corrected chi connectivity index (χ4v) is 2.03. The predicted molar refractivity (Wildman–Crippen MR) is 70.9 cm³/mol. The minimum atomic E-state index is 0.597. The van der Waals surface area contributed by atoms with Crippen molar-refractivity contribution in [3.05, 3.63) is 36.0 Å². The molecule has 0 unspecified atom stereocenters. The summed E-state index contributed by atoms with van der Waals surface area (Å²) >= 11 is 0. The Morgan fingerprint density at radius 3 is 2.94 bits per heavy atom. The van der Waals surface area contributed by atoms with E-state index in [0.717, 1.165) is 26.2 Å². The molecule has 0 radical (unpaired) electrons. The van der Waals surface area contributed by atoms with E-state index in [1.54, 1.807) is 0 Å². The maximum Gasteiger partial charge on any atom is 0.0483 e. The molecular formula is C14H20N2O. The number of aryl methyl sites for hydroxylation is 1. The Bertz CT molecular complexity index is 476. The minimum absolute atomic E-state index is 0.597. The minimum Gasteiger partial charge on any atom is -0.382 e. The number of nitrogens with zero attached hydrogens (tertiary/aromatic N) is 1. The smallest absolute Gasteiger partial charge is 0.0483 e. The van der Waals surface area contributed by atoms with E-state index in [1.165, 1.54) is 16.5 Å². The average molecular weight is 232 g/mol. The molecule has 0 atom stereocenters. The Labute approximate surface area is 102 Å². The van der Waals surface area contributed by atoms with Crippen molar-refractivity contribution in [3.8, 4) is 0 Å². The van der Waals surface area contributed by atoms with Gasteiger partial charge in [-0.15, -0.1) is 0 Å². The van der Waals surface area contributed by atoms with Crippen LogP contribution in [0.1, 0.15) is 18.9 Å². The van der Waals surface area contributed by atoms with Crippen LogP contribution < -0.4 is 5.73 Å². The quantitative estimate of drug-likeness (QED) is 0.777. The molecule has 2 N–H and O–H groups in total. The summed E-state index contributed by atoms with van der Waals surface area (Å²) in [5, 5.41) is 1.28. The third-order valence-electron chi connectivity index (χ3n) is 2.97. The first-order chi connectivity index (χ1) is 8.35. The highest BCUT2D eigenvalue weighted by Crippen LogP contribution is 2.17. The van der Waals surface area contributed by atoms with E-state index < -0.39 is 0 Å². The highest BCUT2D eigenvalue weighted by atomic mass is 16.5. The first kappa shape index (κ1) is 12.1. The molecule has 1 aromatic carbocycles. The lowest BCUT2D eigenvalue weighted by Crippen LogP contribution is -2.02. The maximum atomic E-state index is 5.67. The van der Waals surface area contributed by atoms with Crippen LogP contribution in [0.15, 0.2) is 30.5 Å². The van der Waals surface area contributed by atoms with Crippen molar-refractivity contribution in [1.29, 1.82) is 0 Å². The van der Waals surface area contributed by atoms with Gasteiger partial charge in [0.2, 0.25) is 0 Å². The van der Waals surface area contributed by atoms with E-state index >= 15 is 0 Å². The van der Waals surface area contributed by atoms with Crippen LogP contribution >= 0.6 is 0 Å². The number of rotatable bonds is 6.